The Morgan fingerprint density at radius 3 is 2.41 bits per heavy atom. The number of nitrogens with zero attached hydrogens (tertiary/aromatic N) is 1. The molecule has 2 aromatic rings. The van der Waals surface area contributed by atoms with Gasteiger partial charge in [0.15, 0.2) is 6.61 Å². The molecule has 2 amide bonds. The molecule has 0 unspecified atom stereocenters. The zero-order valence-electron chi connectivity index (χ0n) is 14.9. The minimum Gasteiger partial charge on any atom is -0.497 e. The van der Waals surface area contributed by atoms with Crippen LogP contribution in [-0.2, 0) is 14.3 Å². The molecule has 1 heterocycles. The van der Waals surface area contributed by atoms with Gasteiger partial charge in [-0.15, -0.1) is 0 Å². The highest BCUT2D eigenvalue weighted by atomic mass is 16.5. The summed E-state index contributed by atoms with van der Waals surface area (Å²) in [6.45, 7) is -0.639. The Labute approximate surface area is 155 Å². The fraction of sp³-hybridized carbons (Fsp3) is 0.211. The van der Waals surface area contributed by atoms with Crippen LogP contribution in [0.3, 0.4) is 0 Å². The third-order valence-electron chi connectivity index (χ3n) is 3.99. The number of anilines is 2. The van der Waals surface area contributed by atoms with Gasteiger partial charge in [-0.05, 0) is 24.3 Å². The molecule has 0 spiro atoms. The first-order valence-corrected chi connectivity index (χ1v) is 8.11. The molecule has 2 aromatic carbocycles. The average Bonchev–Trinajstić information content (AvgIpc) is 2.70. The van der Waals surface area contributed by atoms with E-state index in [0.717, 1.165) is 0 Å². The molecular weight excluding hydrogens is 352 g/mol. The highest BCUT2D eigenvalue weighted by Gasteiger charge is 2.27. The average molecular weight is 370 g/mol. The second-order valence-corrected chi connectivity index (χ2v) is 5.72. The first-order chi connectivity index (χ1) is 13.0. The van der Waals surface area contributed by atoms with Crippen molar-refractivity contribution in [3.63, 3.8) is 0 Å². The minimum atomic E-state index is -0.699. The molecule has 0 aliphatic carbocycles. The lowest BCUT2D eigenvalue weighted by Crippen LogP contribution is -2.44. The van der Waals surface area contributed by atoms with Gasteiger partial charge in [0.25, 0.3) is 5.91 Å². The lowest BCUT2D eigenvalue weighted by molar-refractivity contribution is -0.124. The van der Waals surface area contributed by atoms with Crippen molar-refractivity contribution >= 4 is 29.2 Å². The number of carbonyl (C=O) groups excluding carboxylic acids is 3. The summed E-state index contributed by atoms with van der Waals surface area (Å²) < 4.78 is 15.3. The number of methoxy groups -OCH3 is 2. The number of ether oxygens (including phenoxy) is 3. The van der Waals surface area contributed by atoms with Crippen LogP contribution in [0.15, 0.2) is 42.5 Å². The number of fused-ring (bicyclic) bond motifs is 1. The molecule has 1 N–H and O–H groups in total. The number of rotatable bonds is 5. The molecule has 8 heteroatoms. The third-order valence-corrected chi connectivity index (χ3v) is 3.99. The van der Waals surface area contributed by atoms with Crippen LogP contribution in [0.4, 0.5) is 11.4 Å². The second-order valence-electron chi connectivity index (χ2n) is 5.72. The number of nitrogens with one attached hydrogen (secondary N) is 1. The first-order valence-electron chi connectivity index (χ1n) is 8.11. The van der Waals surface area contributed by atoms with Gasteiger partial charge in [0, 0.05) is 6.07 Å². The van der Waals surface area contributed by atoms with Crippen LogP contribution in [0.5, 0.6) is 11.5 Å². The van der Waals surface area contributed by atoms with Gasteiger partial charge in [-0.2, -0.15) is 0 Å². The van der Waals surface area contributed by atoms with Crippen LogP contribution in [0.25, 0.3) is 0 Å². The van der Waals surface area contributed by atoms with Gasteiger partial charge in [0.2, 0.25) is 5.91 Å². The SMILES string of the molecule is COc1cc(OC)cc(C(=O)OCC(=O)N2CC(=O)Nc3ccccc32)c1. The Balaban J connectivity index is 1.71. The third kappa shape index (κ3) is 4.00. The fourth-order valence-corrected chi connectivity index (χ4v) is 2.67. The van der Waals surface area contributed by atoms with Crippen molar-refractivity contribution < 1.29 is 28.6 Å². The van der Waals surface area contributed by atoms with Gasteiger partial charge in [0.05, 0.1) is 31.2 Å². The maximum Gasteiger partial charge on any atom is 0.338 e. The minimum absolute atomic E-state index is 0.139. The van der Waals surface area contributed by atoms with Crippen molar-refractivity contribution in [2.75, 3.05) is 37.6 Å². The first kappa shape index (κ1) is 18.2. The van der Waals surface area contributed by atoms with Crippen molar-refractivity contribution in [2.24, 2.45) is 0 Å². The maximum atomic E-state index is 12.5. The highest BCUT2D eigenvalue weighted by molar-refractivity contribution is 6.10. The molecule has 1 aliphatic heterocycles. The number of para-hydroxylation sites is 2. The Kier molecular flexibility index (Phi) is 5.25. The van der Waals surface area contributed by atoms with Crippen LogP contribution < -0.4 is 19.7 Å². The van der Waals surface area contributed by atoms with Crippen molar-refractivity contribution in [3.8, 4) is 11.5 Å². The summed E-state index contributed by atoms with van der Waals surface area (Å²) in [5.41, 5.74) is 1.28. The second kappa shape index (κ2) is 7.77. The maximum absolute atomic E-state index is 12.5. The van der Waals surface area contributed by atoms with E-state index in [1.807, 2.05) is 0 Å². The summed E-state index contributed by atoms with van der Waals surface area (Å²) in [6.07, 6.45) is 0. The van der Waals surface area contributed by atoms with Crippen LogP contribution >= 0.6 is 0 Å². The van der Waals surface area contributed by atoms with Crippen molar-refractivity contribution in [2.45, 2.75) is 0 Å². The molecule has 0 bridgehead atoms. The summed E-state index contributed by atoms with van der Waals surface area (Å²) in [5, 5.41) is 2.69. The summed E-state index contributed by atoms with van der Waals surface area (Å²) in [4.78, 5) is 37.9. The zero-order valence-corrected chi connectivity index (χ0v) is 14.9. The van der Waals surface area contributed by atoms with E-state index in [1.54, 1.807) is 30.3 Å². The van der Waals surface area contributed by atoms with Crippen LogP contribution in [0, 0.1) is 0 Å². The van der Waals surface area contributed by atoms with Crippen molar-refractivity contribution in [1.82, 2.24) is 0 Å². The van der Waals surface area contributed by atoms with Gasteiger partial charge < -0.3 is 19.5 Å². The molecule has 0 fully saturated rings. The van der Waals surface area contributed by atoms with Gasteiger partial charge in [-0.1, -0.05) is 12.1 Å². The smallest absolute Gasteiger partial charge is 0.338 e. The van der Waals surface area contributed by atoms with E-state index >= 15 is 0 Å². The Morgan fingerprint density at radius 1 is 1.07 bits per heavy atom. The zero-order chi connectivity index (χ0) is 19.4. The molecule has 3 rings (SSSR count). The van der Waals surface area contributed by atoms with E-state index in [9.17, 15) is 14.4 Å². The molecule has 27 heavy (non-hydrogen) atoms. The molecule has 8 nitrogen and oxygen atoms in total. The Bertz CT molecular complexity index is 873. The predicted molar refractivity (Wildman–Crippen MR) is 97.3 cm³/mol. The lowest BCUT2D eigenvalue weighted by atomic mass is 10.2. The largest absolute Gasteiger partial charge is 0.497 e. The summed E-state index contributed by atoms with van der Waals surface area (Å²) in [6, 6.07) is 11.5. The van der Waals surface area contributed by atoms with E-state index in [2.05, 4.69) is 5.32 Å². The van der Waals surface area contributed by atoms with Crippen molar-refractivity contribution in [3.05, 3.63) is 48.0 Å². The topological polar surface area (TPSA) is 94.2 Å². The van der Waals surface area contributed by atoms with Gasteiger partial charge in [0.1, 0.15) is 18.0 Å². The van der Waals surface area contributed by atoms with Crippen LogP contribution in [-0.4, -0.2) is 45.2 Å². The Hall–Kier alpha value is -3.55. The Morgan fingerprint density at radius 2 is 1.74 bits per heavy atom. The van der Waals surface area contributed by atoms with Gasteiger partial charge in [-0.3, -0.25) is 14.5 Å². The van der Waals surface area contributed by atoms with E-state index in [1.165, 1.54) is 31.3 Å². The van der Waals surface area contributed by atoms with E-state index in [0.29, 0.717) is 22.9 Å². The standard InChI is InChI=1S/C19H18N2O6/c1-25-13-7-12(8-14(9-13)26-2)19(24)27-11-18(23)21-10-17(22)20-15-5-3-4-6-16(15)21/h3-9H,10-11H2,1-2H3,(H,20,22). The van der Waals surface area contributed by atoms with Crippen molar-refractivity contribution in [1.29, 1.82) is 0 Å². The summed E-state index contributed by atoms with van der Waals surface area (Å²) >= 11 is 0. The number of benzene rings is 2. The predicted octanol–water partition coefficient (Wildman–Crippen LogP) is 1.85. The summed E-state index contributed by atoms with van der Waals surface area (Å²) in [5.74, 6) is -0.662. The molecule has 0 aromatic heterocycles. The van der Waals surface area contributed by atoms with Crippen LogP contribution in [0.1, 0.15) is 10.4 Å². The number of esters is 1. The number of carbonyl (C=O) groups is 3. The molecule has 0 saturated carbocycles. The number of hydrogen-bond acceptors (Lipinski definition) is 6. The van der Waals surface area contributed by atoms with Gasteiger partial charge >= 0.3 is 5.97 Å². The van der Waals surface area contributed by atoms with E-state index < -0.39 is 18.5 Å². The molecule has 0 saturated heterocycles. The van der Waals surface area contributed by atoms with Gasteiger partial charge in [-0.25, -0.2) is 4.79 Å². The molecule has 140 valence electrons. The summed E-state index contributed by atoms with van der Waals surface area (Å²) in [7, 11) is 2.93. The van der Waals surface area contributed by atoms with Crippen LogP contribution in [0.2, 0.25) is 0 Å². The fourth-order valence-electron chi connectivity index (χ4n) is 2.67. The normalized spacial score (nSPS) is 12.7. The lowest BCUT2D eigenvalue weighted by Gasteiger charge is -2.28. The number of hydrogen-bond donors (Lipinski definition) is 1. The molecule has 0 radical (unpaired) electrons. The quantitative estimate of drug-likeness (QED) is 0.807. The van der Waals surface area contributed by atoms with E-state index in [4.69, 9.17) is 14.2 Å². The molecule has 0 atom stereocenters. The monoisotopic (exact) mass is 370 g/mol. The molecular formula is C19H18N2O6. The molecule has 1 aliphatic rings. The number of amides is 2. The van der Waals surface area contributed by atoms with E-state index in [-0.39, 0.29) is 18.0 Å². The highest BCUT2D eigenvalue weighted by Crippen LogP contribution is 2.29.